The SMILES string of the molecule is CC(=O)NC(CNc1ccc(Cl)cc1)Cc1ccccc1. The van der Waals surface area contributed by atoms with Gasteiger partial charge in [0.2, 0.25) is 5.91 Å². The lowest BCUT2D eigenvalue weighted by Crippen LogP contribution is -2.40. The lowest BCUT2D eigenvalue weighted by atomic mass is 10.1. The van der Waals surface area contributed by atoms with Crippen molar-refractivity contribution in [1.82, 2.24) is 5.32 Å². The molecule has 21 heavy (non-hydrogen) atoms. The van der Waals surface area contributed by atoms with Crippen LogP contribution in [0.4, 0.5) is 5.69 Å². The van der Waals surface area contributed by atoms with Crippen molar-refractivity contribution in [3.63, 3.8) is 0 Å². The maximum absolute atomic E-state index is 11.3. The molecule has 0 aromatic heterocycles. The molecule has 1 atom stereocenters. The zero-order valence-electron chi connectivity index (χ0n) is 12.0. The van der Waals surface area contributed by atoms with Crippen molar-refractivity contribution in [2.24, 2.45) is 0 Å². The zero-order valence-corrected chi connectivity index (χ0v) is 12.7. The summed E-state index contributed by atoms with van der Waals surface area (Å²) in [4.78, 5) is 11.3. The molecule has 1 unspecified atom stereocenters. The quantitative estimate of drug-likeness (QED) is 0.857. The van der Waals surface area contributed by atoms with Gasteiger partial charge in [0, 0.05) is 24.2 Å². The normalized spacial score (nSPS) is 11.7. The average Bonchev–Trinajstić information content (AvgIpc) is 2.47. The van der Waals surface area contributed by atoms with Crippen LogP contribution in [0.5, 0.6) is 0 Å². The Labute approximate surface area is 130 Å². The van der Waals surface area contributed by atoms with Gasteiger partial charge in [-0.05, 0) is 36.2 Å². The van der Waals surface area contributed by atoms with Crippen molar-refractivity contribution >= 4 is 23.2 Å². The highest BCUT2D eigenvalue weighted by molar-refractivity contribution is 6.30. The third kappa shape index (κ3) is 5.48. The number of carbonyl (C=O) groups excluding carboxylic acids is 1. The molecule has 0 heterocycles. The van der Waals surface area contributed by atoms with Crippen LogP contribution in [-0.2, 0) is 11.2 Å². The fourth-order valence-electron chi connectivity index (χ4n) is 2.17. The number of hydrogen-bond acceptors (Lipinski definition) is 2. The van der Waals surface area contributed by atoms with Crippen LogP contribution >= 0.6 is 11.6 Å². The Balaban J connectivity index is 1.96. The molecule has 2 aromatic carbocycles. The predicted octanol–water partition coefficient (Wildman–Crippen LogP) is 3.50. The molecule has 2 aromatic rings. The lowest BCUT2D eigenvalue weighted by molar-refractivity contribution is -0.119. The summed E-state index contributed by atoms with van der Waals surface area (Å²) in [5.41, 5.74) is 2.19. The Morgan fingerprint density at radius 3 is 2.38 bits per heavy atom. The van der Waals surface area contributed by atoms with Gasteiger partial charge in [0.1, 0.15) is 0 Å². The molecule has 0 bridgehead atoms. The van der Waals surface area contributed by atoms with E-state index in [-0.39, 0.29) is 11.9 Å². The maximum Gasteiger partial charge on any atom is 0.217 e. The molecular formula is C17H19ClN2O. The Bertz CT molecular complexity index is 569. The molecule has 4 heteroatoms. The molecule has 2 rings (SSSR count). The minimum Gasteiger partial charge on any atom is -0.383 e. The van der Waals surface area contributed by atoms with Crippen LogP contribution in [-0.4, -0.2) is 18.5 Å². The number of carbonyl (C=O) groups is 1. The minimum atomic E-state index is -0.0196. The van der Waals surface area contributed by atoms with Gasteiger partial charge in [-0.2, -0.15) is 0 Å². The largest absolute Gasteiger partial charge is 0.383 e. The summed E-state index contributed by atoms with van der Waals surface area (Å²) in [6.07, 6.45) is 0.793. The topological polar surface area (TPSA) is 41.1 Å². The van der Waals surface area contributed by atoms with E-state index < -0.39 is 0 Å². The zero-order chi connectivity index (χ0) is 15.1. The number of amides is 1. The standard InChI is InChI=1S/C17H19ClN2O/c1-13(21)20-17(11-14-5-3-2-4-6-14)12-19-16-9-7-15(18)8-10-16/h2-10,17,19H,11-12H2,1H3,(H,20,21). The van der Waals surface area contributed by atoms with Crippen LogP contribution in [0.3, 0.4) is 0 Å². The maximum atomic E-state index is 11.3. The summed E-state index contributed by atoms with van der Waals surface area (Å²) >= 11 is 5.87. The molecule has 0 radical (unpaired) electrons. The number of hydrogen-bond donors (Lipinski definition) is 2. The molecule has 3 nitrogen and oxygen atoms in total. The van der Waals surface area contributed by atoms with E-state index in [9.17, 15) is 4.79 Å². The fraction of sp³-hybridized carbons (Fsp3) is 0.235. The van der Waals surface area contributed by atoms with E-state index in [1.165, 1.54) is 5.56 Å². The molecule has 0 aliphatic carbocycles. The predicted molar refractivity (Wildman–Crippen MR) is 87.7 cm³/mol. The van der Waals surface area contributed by atoms with Gasteiger partial charge in [0.25, 0.3) is 0 Å². The van der Waals surface area contributed by atoms with E-state index in [1.54, 1.807) is 6.92 Å². The number of halogens is 1. The van der Waals surface area contributed by atoms with Crippen LogP contribution in [0.15, 0.2) is 54.6 Å². The summed E-state index contributed by atoms with van der Waals surface area (Å²) < 4.78 is 0. The summed E-state index contributed by atoms with van der Waals surface area (Å²) in [7, 11) is 0. The van der Waals surface area contributed by atoms with Gasteiger partial charge in [-0.3, -0.25) is 4.79 Å². The minimum absolute atomic E-state index is 0.0196. The van der Waals surface area contributed by atoms with E-state index in [0.29, 0.717) is 11.6 Å². The molecule has 0 saturated heterocycles. The van der Waals surface area contributed by atoms with E-state index in [2.05, 4.69) is 22.8 Å². The number of rotatable bonds is 6. The molecule has 0 fully saturated rings. The second kappa shape index (κ2) is 7.70. The first kappa shape index (κ1) is 15.4. The summed E-state index contributed by atoms with van der Waals surface area (Å²) in [6.45, 7) is 2.20. The van der Waals surface area contributed by atoms with Crippen molar-refractivity contribution in [1.29, 1.82) is 0 Å². The molecule has 110 valence electrons. The van der Waals surface area contributed by atoms with E-state index >= 15 is 0 Å². The van der Waals surface area contributed by atoms with Crippen LogP contribution in [0.25, 0.3) is 0 Å². The van der Waals surface area contributed by atoms with Gasteiger partial charge in [0.05, 0.1) is 6.04 Å². The first-order chi connectivity index (χ1) is 10.1. The molecule has 0 spiro atoms. The number of nitrogens with one attached hydrogen (secondary N) is 2. The van der Waals surface area contributed by atoms with Crippen LogP contribution in [0.1, 0.15) is 12.5 Å². The van der Waals surface area contributed by atoms with E-state index in [4.69, 9.17) is 11.6 Å². The van der Waals surface area contributed by atoms with Crippen LogP contribution in [0.2, 0.25) is 5.02 Å². The molecule has 2 N–H and O–H groups in total. The van der Waals surface area contributed by atoms with Gasteiger partial charge in [-0.15, -0.1) is 0 Å². The summed E-state index contributed by atoms with van der Waals surface area (Å²) in [5.74, 6) is -0.0196. The van der Waals surface area contributed by atoms with Gasteiger partial charge in [0.15, 0.2) is 0 Å². The van der Waals surface area contributed by atoms with Crippen LogP contribution < -0.4 is 10.6 Å². The first-order valence-electron chi connectivity index (χ1n) is 6.94. The average molecular weight is 303 g/mol. The fourth-order valence-corrected chi connectivity index (χ4v) is 2.30. The van der Waals surface area contributed by atoms with E-state index in [1.807, 2.05) is 42.5 Å². The smallest absolute Gasteiger partial charge is 0.217 e. The molecule has 1 amide bonds. The monoisotopic (exact) mass is 302 g/mol. The molecule has 0 aliphatic rings. The highest BCUT2D eigenvalue weighted by atomic mass is 35.5. The second-order valence-electron chi connectivity index (χ2n) is 4.97. The Hall–Kier alpha value is -2.00. The van der Waals surface area contributed by atoms with Crippen LogP contribution in [0, 0.1) is 0 Å². The highest BCUT2D eigenvalue weighted by Crippen LogP contribution is 2.13. The number of benzene rings is 2. The third-order valence-electron chi connectivity index (χ3n) is 3.13. The molecule has 0 saturated carbocycles. The highest BCUT2D eigenvalue weighted by Gasteiger charge is 2.10. The molecule has 0 aliphatic heterocycles. The van der Waals surface area contributed by atoms with Gasteiger partial charge in [-0.25, -0.2) is 0 Å². The Morgan fingerprint density at radius 2 is 1.76 bits per heavy atom. The van der Waals surface area contributed by atoms with Crippen molar-refractivity contribution < 1.29 is 4.79 Å². The second-order valence-corrected chi connectivity index (χ2v) is 5.41. The summed E-state index contributed by atoms with van der Waals surface area (Å²) in [6, 6.07) is 17.7. The van der Waals surface area contributed by atoms with Crippen molar-refractivity contribution in [3.8, 4) is 0 Å². The summed E-state index contributed by atoms with van der Waals surface area (Å²) in [5, 5.41) is 7.02. The Kier molecular flexibility index (Phi) is 5.64. The van der Waals surface area contributed by atoms with Crippen molar-refractivity contribution in [2.75, 3.05) is 11.9 Å². The van der Waals surface area contributed by atoms with Gasteiger partial charge in [-0.1, -0.05) is 41.9 Å². The van der Waals surface area contributed by atoms with Crippen molar-refractivity contribution in [3.05, 3.63) is 65.2 Å². The van der Waals surface area contributed by atoms with E-state index in [0.717, 1.165) is 12.1 Å². The Morgan fingerprint density at radius 1 is 1.10 bits per heavy atom. The number of anilines is 1. The molecular weight excluding hydrogens is 284 g/mol. The third-order valence-corrected chi connectivity index (χ3v) is 3.38. The van der Waals surface area contributed by atoms with Gasteiger partial charge < -0.3 is 10.6 Å². The first-order valence-corrected chi connectivity index (χ1v) is 7.32. The van der Waals surface area contributed by atoms with Gasteiger partial charge >= 0.3 is 0 Å². The lowest BCUT2D eigenvalue weighted by Gasteiger charge is -2.19. The van der Waals surface area contributed by atoms with Crippen molar-refractivity contribution in [2.45, 2.75) is 19.4 Å².